The van der Waals surface area contributed by atoms with E-state index in [0.29, 0.717) is 32.7 Å². The largest absolute Gasteiger partial charge is 0.351 e. The van der Waals surface area contributed by atoms with E-state index in [1.54, 1.807) is 12.1 Å². The van der Waals surface area contributed by atoms with E-state index >= 15 is 0 Å². The highest BCUT2D eigenvalue weighted by molar-refractivity contribution is 5.81. The number of hydrogen-bond donors (Lipinski definition) is 1. The van der Waals surface area contributed by atoms with Crippen LogP contribution in [-0.4, -0.2) is 53.8 Å². The minimum absolute atomic E-state index is 0.00739. The van der Waals surface area contributed by atoms with E-state index in [0.717, 1.165) is 5.56 Å². The van der Waals surface area contributed by atoms with E-state index in [4.69, 9.17) is 0 Å². The first kappa shape index (κ1) is 18.4. The number of carbonyl (C=O) groups is 2. The normalized spacial score (nSPS) is 17.0. The SMILES string of the molecule is CC(C)C(=O)N1CCN(C(C)C(=O)NCc2ccc(F)cc2)CC1. The molecule has 132 valence electrons. The van der Waals surface area contributed by atoms with Crippen LogP contribution in [0.4, 0.5) is 4.39 Å². The second kappa shape index (κ2) is 8.24. The number of piperazine rings is 1. The lowest BCUT2D eigenvalue weighted by molar-refractivity contribution is -0.137. The third-order valence-electron chi connectivity index (χ3n) is 4.43. The fourth-order valence-corrected chi connectivity index (χ4v) is 2.80. The second-order valence-electron chi connectivity index (χ2n) is 6.54. The smallest absolute Gasteiger partial charge is 0.237 e. The quantitative estimate of drug-likeness (QED) is 0.890. The van der Waals surface area contributed by atoms with Gasteiger partial charge in [0.25, 0.3) is 0 Å². The Morgan fingerprint density at radius 2 is 1.67 bits per heavy atom. The average molecular weight is 335 g/mol. The maximum atomic E-state index is 12.9. The molecule has 0 bridgehead atoms. The van der Waals surface area contributed by atoms with Crippen LogP contribution in [0.5, 0.6) is 0 Å². The molecule has 1 aliphatic heterocycles. The molecule has 1 aromatic carbocycles. The number of nitrogens with one attached hydrogen (secondary N) is 1. The van der Waals surface area contributed by atoms with Crippen molar-refractivity contribution < 1.29 is 14.0 Å². The molecule has 0 spiro atoms. The molecule has 1 saturated heterocycles. The van der Waals surface area contributed by atoms with Crippen LogP contribution in [0.15, 0.2) is 24.3 Å². The van der Waals surface area contributed by atoms with Crippen molar-refractivity contribution in [3.8, 4) is 0 Å². The first-order valence-corrected chi connectivity index (χ1v) is 8.43. The maximum Gasteiger partial charge on any atom is 0.237 e. The predicted molar refractivity (Wildman–Crippen MR) is 90.7 cm³/mol. The summed E-state index contributed by atoms with van der Waals surface area (Å²) in [5.41, 5.74) is 0.865. The molecule has 1 N–H and O–H groups in total. The van der Waals surface area contributed by atoms with Crippen LogP contribution in [-0.2, 0) is 16.1 Å². The van der Waals surface area contributed by atoms with E-state index in [1.807, 2.05) is 25.7 Å². The standard InChI is InChI=1S/C18H26FN3O2/c1-13(2)18(24)22-10-8-21(9-11-22)14(3)17(23)20-12-15-4-6-16(19)7-5-15/h4-7,13-14H,8-12H2,1-3H3,(H,20,23). The van der Waals surface area contributed by atoms with Crippen molar-refractivity contribution in [2.24, 2.45) is 5.92 Å². The molecule has 1 unspecified atom stereocenters. The molecule has 1 aromatic rings. The van der Waals surface area contributed by atoms with Crippen LogP contribution in [0.1, 0.15) is 26.3 Å². The summed E-state index contributed by atoms with van der Waals surface area (Å²) in [4.78, 5) is 28.2. The van der Waals surface area contributed by atoms with Crippen molar-refractivity contribution in [1.29, 1.82) is 0 Å². The Morgan fingerprint density at radius 3 is 2.21 bits per heavy atom. The summed E-state index contributed by atoms with van der Waals surface area (Å²) in [5, 5.41) is 2.88. The first-order chi connectivity index (χ1) is 11.4. The third-order valence-corrected chi connectivity index (χ3v) is 4.43. The van der Waals surface area contributed by atoms with Gasteiger partial charge < -0.3 is 10.2 Å². The maximum absolute atomic E-state index is 12.9. The summed E-state index contributed by atoms with van der Waals surface area (Å²) >= 11 is 0. The summed E-state index contributed by atoms with van der Waals surface area (Å²) in [6, 6.07) is 5.85. The van der Waals surface area contributed by atoms with Crippen LogP contribution in [0, 0.1) is 11.7 Å². The van der Waals surface area contributed by atoms with E-state index < -0.39 is 0 Å². The number of rotatable bonds is 5. The second-order valence-corrected chi connectivity index (χ2v) is 6.54. The van der Waals surface area contributed by atoms with Gasteiger partial charge in [0.2, 0.25) is 11.8 Å². The van der Waals surface area contributed by atoms with Crippen molar-refractivity contribution >= 4 is 11.8 Å². The summed E-state index contributed by atoms with van der Waals surface area (Å²) in [7, 11) is 0. The van der Waals surface area contributed by atoms with Crippen molar-refractivity contribution in [2.45, 2.75) is 33.4 Å². The molecule has 2 rings (SSSR count). The molecule has 0 aromatic heterocycles. The number of hydrogen-bond acceptors (Lipinski definition) is 3. The number of nitrogens with zero attached hydrogens (tertiary/aromatic N) is 2. The molecule has 0 saturated carbocycles. The van der Waals surface area contributed by atoms with Gasteiger partial charge in [-0.3, -0.25) is 14.5 Å². The van der Waals surface area contributed by atoms with Crippen LogP contribution in [0.3, 0.4) is 0 Å². The summed E-state index contributed by atoms with van der Waals surface area (Å²) in [6.45, 7) is 8.78. The highest BCUT2D eigenvalue weighted by Crippen LogP contribution is 2.10. The van der Waals surface area contributed by atoms with E-state index in [2.05, 4.69) is 10.2 Å². The molecule has 24 heavy (non-hydrogen) atoms. The fourth-order valence-electron chi connectivity index (χ4n) is 2.80. The van der Waals surface area contributed by atoms with Crippen LogP contribution in [0.25, 0.3) is 0 Å². The third kappa shape index (κ3) is 4.77. The van der Waals surface area contributed by atoms with Gasteiger partial charge in [0, 0.05) is 38.6 Å². The predicted octanol–water partition coefficient (Wildman–Crippen LogP) is 1.63. The topological polar surface area (TPSA) is 52.7 Å². The fraction of sp³-hybridized carbons (Fsp3) is 0.556. The van der Waals surface area contributed by atoms with Gasteiger partial charge in [-0.05, 0) is 24.6 Å². The van der Waals surface area contributed by atoms with Crippen molar-refractivity contribution in [2.75, 3.05) is 26.2 Å². The molecule has 6 heteroatoms. The molecule has 5 nitrogen and oxygen atoms in total. The number of amides is 2. The molecule has 1 atom stereocenters. The average Bonchev–Trinajstić information content (AvgIpc) is 2.59. The Bertz CT molecular complexity index is 566. The first-order valence-electron chi connectivity index (χ1n) is 8.43. The lowest BCUT2D eigenvalue weighted by Crippen LogP contribution is -2.55. The minimum Gasteiger partial charge on any atom is -0.351 e. The number of benzene rings is 1. The van der Waals surface area contributed by atoms with Crippen LogP contribution in [0.2, 0.25) is 0 Å². The van der Waals surface area contributed by atoms with Crippen molar-refractivity contribution in [3.63, 3.8) is 0 Å². The molecule has 0 radical (unpaired) electrons. The Morgan fingerprint density at radius 1 is 1.08 bits per heavy atom. The zero-order valence-electron chi connectivity index (χ0n) is 14.6. The van der Waals surface area contributed by atoms with E-state index in [-0.39, 0.29) is 29.6 Å². The lowest BCUT2D eigenvalue weighted by Gasteiger charge is -2.38. The summed E-state index contributed by atoms with van der Waals surface area (Å²) in [6.07, 6.45) is 0. The Labute approximate surface area is 142 Å². The lowest BCUT2D eigenvalue weighted by atomic mass is 10.1. The van der Waals surface area contributed by atoms with Crippen molar-refractivity contribution in [3.05, 3.63) is 35.6 Å². The van der Waals surface area contributed by atoms with Crippen molar-refractivity contribution in [1.82, 2.24) is 15.1 Å². The minimum atomic E-state index is -0.285. The van der Waals surface area contributed by atoms with Gasteiger partial charge in [-0.2, -0.15) is 0 Å². The van der Waals surface area contributed by atoms with E-state index in [9.17, 15) is 14.0 Å². The summed E-state index contributed by atoms with van der Waals surface area (Å²) in [5.74, 6) is -0.161. The van der Waals surface area contributed by atoms with Crippen LogP contribution < -0.4 is 5.32 Å². The van der Waals surface area contributed by atoms with Gasteiger partial charge in [-0.1, -0.05) is 26.0 Å². The van der Waals surface area contributed by atoms with Crippen LogP contribution >= 0.6 is 0 Å². The Hall–Kier alpha value is -1.95. The van der Waals surface area contributed by atoms with Gasteiger partial charge in [-0.25, -0.2) is 4.39 Å². The van der Waals surface area contributed by atoms with Gasteiger partial charge in [0.15, 0.2) is 0 Å². The molecular formula is C18H26FN3O2. The van der Waals surface area contributed by atoms with Gasteiger partial charge >= 0.3 is 0 Å². The molecule has 1 fully saturated rings. The molecular weight excluding hydrogens is 309 g/mol. The van der Waals surface area contributed by atoms with Gasteiger partial charge in [0.1, 0.15) is 5.82 Å². The monoisotopic (exact) mass is 335 g/mol. The van der Waals surface area contributed by atoms with Gasteiger partial charge in [-0.15, -0.1) is 0 Å². The van der Waals surface area contributed by atoms with Gasteiger partial charge in [0.05, 0.1) is 6.04 Å². The highest BCUT2D eigenvalue weighted by atomic mass is 19.1. The zero-order chi connectivity index (χ0) is 17.7. The number of halogens is 1. The Balaban J connectivity index is 1.79. The van der Waals surface area contributed by atoms with E-state index in [1.165, 1.54) is 12.1 Å². The number of carbonyl (C=O) groups excluding carboxylic acids is 2. The summed E-state index contributed by atoms with van der Waals surface area (Å²) < 4.78 is 12.9. The molecule has 0 aliphatic carbocycles. The zero-order valence-corrected chi connectivity index (χ0v) is 14.6. The Kier molecular flexibility index (Phi) is 6.31. The molecule has 1 heterocycles. The highest BCUT2D eigenvalue weighted by Gasteiger charge is 2.28. The molecule has 2 amide bonds. The molecule has 1 aliphatic rings.